The number of likely N-dealkylation sites (tertiary alicyclic amines) is 1. The van der Waals surface area contributed by atoms with Crippen molar-refractivity contribution in [3.63, 3.8) is 0 Å². The lowest BCUT2D eigenvalue weighted by atomic mass is 9.90. The molecule has 5 rings (SSSR count). The molecule has 3 aromatic rings. The smallest absolute Gasteiger partial charge is 0.268 e. The molecule has 2 fully saturated rings. The van der Waals surface area contributed by atoms with E-state index in [0.717, 1.165) is 42.1 Å². The molecule has 0 unspecified atom stereocenters. The molecule has 8 nitrogen and oxygen atoms in total. The van der Waals surface area contributed by atoms with Crippen LogP contribution >= 0.6 is 0 Å². The minimum absolute atomic E-state index is 0.0174. The number of carbonyl (C=O) groups excluding carboxylic acids is 2. The summed E-state index contributed by atoms with van der Waals surface area (Å²) in [4.78, 5) is 27.6. The van der Waals surface area contributed by atoms with Gasteiger partial charge in [-0.3, -0.25) is 15.0 Å². The summed E-state index contributed by atoms with van der Waals surface area (Å²) in [6, 6.07) is 15.4. The van der Waals surface area contributed by atoms with Crippen LogP contribution in [0.15, 0.2) is 48.5 Å². The molecule has 0 spiro atoms. The van der Waals surface area contributed by atoms with E-state index in [1.807, 2.05) is 34.9 Å². The van der Waals surface area contributed by atoms with Gasteiger partial charge in [-0.2, -0.15) is 0 Å². The first-order chi connectivity index (χ1) is 17.4. The van der Waals surface area contributed by atoms with Crippen LogP contribution in [0.4, 0.5) is 0 Å². The summed E-state index contributed by atoms with van der Waals surface area (Å²) < 4.78 is 1.96. The highest BCUT2D eigenvalue weighted by atomic mass is 16.2. The van der Waals surface area contributed by atoms with Crippen LogP contribution in [0.1, 0.15) is 70.5 Å². The number of rotatable bonds is 7. The number of hydrogen-bond acceptors (Lipinski definition) is 4. The van der Waals surface area contributed by atoms with Gasteiger partial charge in [-0.15, -0.1) is 0 Å². The number of nitrogen functional groups attached to an aromatic ring is 1. The Kier molecular flexibility index (Phi) is 6.78. The maximum Gasteiger partial charge on any atom is 0.268 e. The Morgan fingerprint density at radius 3 is 2.22 bits per heavy atom. The van der Waals surface area contributed by atoms with Gasteiger partial charge >= 0.3 is 0 Å². The van der Waals surface area contributed by atoms with Crippen LogP contribution in [-0.4, -0.2) is 52.3 Å². The Morgan fingerprint density at radius 1 is 0.917 bits per heavy atom. The molecule has 2 heterocycles. The molecule has 1 aliphatic heterocycles. The van der Waals surface area contributed by atoms with Crippen molar-refractivity contribution in [1.29, 1.82) is 5.41 Å². The molecule has 0 atom stereocenters. The van der Waals surface area contributed by atoms with Gasteiger partial charge in [0.05, 0.1) is 0 Å². The van der Waals surface area contributed by atoms with Gasteiger partial charge < -0.3 is 26.3 Å². The summed E-state index contributed by atoms with van der Waals surface area (Å²) in [7, 11) is 0. The second-order valence-electron chi connectivity index (χ2n) is 10.1. The highest BCUT2D eigenvalue weighted by molar-refractivity contribution is 6.02. The first-order valence-corrected chi connectivity index (χ1v) is 12.8. The zero-order valence-corrected chi connectivity index (χ0v) is 20.5. The number of amides is 2. The molecule has 2 amide bonds. The Bertz CT molecular complexity index is 1280. The van der Waals surface area contributed by atoms with E-state index in [0.29, 0.717) is 29.4 Å². The first kappa shape index (κ1) is 24.1. The SMILES string of the molecule is N=C(N)c1ccc2cc(C(=O)NC3CCC(N4CCCC4)CC3)n(Cc3ccc(C(N)=O)cc3)c2c1. The third-order valence-electron chi connectivity index (χ3n) is 7.72. The molecule has 0 radical (unpaired) electrons. The summed E-state index contributed by atoms with van der Waals surface area (Å²) in [5.74, 6) is -0.580. The summed E-state index contributed by atoms with van der Waals surface area (Å²) in [6.07, 6.45) is 6.85. The van der Waals surface area contributed by atoms with E-state index in [2.05, 4.69) is 10.2 Å². The number of nitrogens with zero attached hydrogens (tertiary/aromatic N) is 2. The lowest BCUT2D eigenvalue weighted by molar-refractivity contribution is 0.0902. The van der Waals surface area contributed by atoms with Crippen molar-refractivity contribution in [2.45, 2.75) is 57.2 Å². The average Bonchev–Trinajstić information content (AvgIpc) is 3.53. The maximum absolute atomic E-state index is 13.5. The minimum Gasteiger partial charge on any atom is -0.384 e. The highest BCUT2D eigenvalue weighted by Gasteiger charge is 2.29. The van der Waals surface area contributed by atoms with E-state index < -0.39 is 5.91 Å². The Morgan fingerprint density at radius 2 is 1.58 bits per heavy atom. The third kappa shape index (κ3) is 4.99. The van der Waals surface area contributed by atoms with Crippen LogP contribution in [0.5, 0.6) is 0 Å². The van der Waals surface area contributed by atoms with Crippen LogP contribution < -0.4 is 16.8 Å². The predicted octanol–water partition coefficient (Wildman–Crippen LogP) is 3.21. The summed E-state index contributed by atoms with van der Waals surface area (Å²) >= 11 is 0. The molecule has 1 saturated heterocycles. The van der Waals surface area contributed by atoms with Gasteiger partial charge in [-0.05, 0) is 81.4 Å². The topological polar surface area (TPSA) is 130 Å². The lowest BCUT2D eigenvalue weighted by Gasteiger charge is -2.34. The van der Waals surface area contributed by atoms with Crippen molar-refractivity contribution in [3.05, 3.63) is 70.9 Å². The van der Waals surface area contributed by atoms with Crippen molar-refractivity contribution in [1.82, 2.24) is 14.8 Å². The standard InChI is InChI=1S/C28H34N6O2/c29-26(30)21-8-7-20-15-25(28(36)32-22-9-11-23(12-10-22)33-13-1-2-14-33)34(24(20)16-21)17-18-3-5-19(6-4-18)27(31)35/h3-8,15-16,22-23H,1-2,9-14,17H2,(H3,29,30)(H2,31,35)(H,32,36). The number of nitrogens with one attached hydrogen (secondary N) is 2. The van der Waals surface area contributed by atoms with Gasteiger partial charge in [0, 0.05) is 40.7 Å². The predicted molar refractivity (Wildman–Crippen MR) is 141 cm³/mol. The Labute approximate surface area is 211 Å². The summed E-state index contributed by atoms with van der Waals surface area (Å²) in [5.41, 5.74) is 14.5. The fourth-order valence-corrected chi connectivity index (χ4v) is 5.69. The molecule has 0 bridgehead atoms. The number of nitrogens with two attached hydrogens (primary N) is 2. The molecule has 1 aliphatic carbocycles. The number of benzene rings is 2. The van der Waals surface area contributed by atoms with Gasteiger partial charge in [0.25, 0.3) is 5.91 Å². The number of hydrogen-bond donors (Lipinski definition) is 4. The van der Waals surface area contributed by atoms with E-state index in [-0.39, 0.29) is 17.8 Å². The molecule has 1 aromatic heterocycles. The highest BCUT2D eigenvalue weighted by Crippen LogP contribution is 2.27. The van der Waals surface area contributed by atoms with Gasteiger partial charge in [0.15, 0.2) is 0 Å². The molecule has 1 saturated carbocycles. The largest absolute Gasteiger partial charge is 0.384 e. The van der Waals surface area contributed by atoms with Gasteiger partial charge in [-0.25, -0.2) is 0 Å². The molecular weight excluding hydrogens is 452 g/mol. The fraction of sp³-hybridized carbons (Fsp3) is 0.393. The third-order valence-corrected chi connectivity index (χ3v) is 7.72. The van der Waals surface area contributed by atoms with Crippen LogP contribution in [-0.2, 0) is 6.54 Å². The number of carbonyl (C=O) groups is 2. The minimum atomic E-state index is -0.474. The van der Waals surface area contributed by atoms with Gasteiger partial charge in [0.2, 0.25) is 5.91 Å². The Balaban J connectivity index is 1.38. The van der Waals surface area contributed by atoms with E-state index in [1.54, 1.807) is 18.2 Å². The van der Waals surface area contributed by atoms with Gasteiger partial charge in [0.1, 0.15) is 11.5 Å². The lowest BCUT2D eigenvalue weighted by Crippen LogP contribution is -2.43. The number of primary amides is 1. The second-order valence-corrected chi connectivity index (χ2v) is 10.1. The van der Waals surface area contributed by atoms with Crippen LogP contribution in [0.3, 0.4) is 0 Å². The molecule has 188 valence electrons. The number of amidine groups is 1. The van der Waals surface area contributed by atoms with Crippen LogP contribution in [0, 0.1) is 5.41 Å². The quantitative estimate of drug-likeness (QED) is 0.302. The first-order valence-electron chi connectivity index (χ1n) is 12.8. The van der Waals surface area contributed by atoms with Gasteiger partial charge in [-0.1, -0.05) is 24.3 Å². The maximum atomic E-state index is 13.5. The van der Waals surface area contributed by atoms with Crippen molar-refractivity contribution in [2.24, 2.45) is 11.5 Å². The molecular formula is C28H34N6O2. The Hall–Kier alpha value is -3.65. The molecule has 36 heavy (non-hydrogen) atoms. The average molecular weight is 487 g/mol. The second kappa shape index (κ2) is 10.1. The van der Waals surface area contributed by atoms with E-state index >= 15 is 0 Å². The molecule has 8 heteroatoms. The zero-order chi connectivity index (χ0) is 25.2. The van der Waals surface area contributed by atoms with Crippen LogP contribution in [0.25, 0.3) is 10.9 Å². The molecule has 2 aliphatic rings. The summed E-state index contributed by atoms with van der Waals surface area (Å²) in [6.45, 7) is 2.86. The van der Waals surface area contributed by atoms with Crippen molar-refractivity contribution in [3.8, 4) is 0 Å². The number of aromatic nitrogens is 1. The zero-order valence-electron chi connectivity index (χ0n) is 20.5. The van der Waals surface area contributed by atoms with E-state index in [9.17, 15) is 9.59 Å². The van der Waals surface area contributed by atoms with Crippen LogP contribution in [0.2, 0.25) is 0 Å². The number of fused-ring (bicyclic) bond motifs is 1. The molecule has 2 aromatic carbocycles. The molecule has 6 N–H and O–H groups in total. The van der Waals surface area contributed by atoms with E-state index in [1.165, 1.54) is 25.9 Å². The van der Waals surface area contributed by atoms with Crippen molar-refractivity contribution in [2.75, 3.05) is 13.1 Å². The fourth-order valence-electron chi connectivity index (χ4n) is 5.69. The monoisotopic (exact) mass is 486 g/mol. The van der Waals surface area contributed by atoms with E-state index in [4.69, 9.17) is 16.9 Å². The summed E-state index contributed by atoms with van der Waals surface area (Å²) in [5, 5.41) is 12.0. The normalized spacial score (nSPS) is 20.4. The van der Waals surface area contributed by atoms with Crippen molar-refractivity contribution < 1.29 is 9.59 Å². The van der Waals surface area contributed by atoms with Crippen molar-refractivity contribution >= 4 is 28.6 Å².